The van der Waals surface area contributed by atoms with Gasteiger partial charge in [0.2, 0.25) is 0 Å². The van der Waals surface area contributed by atoms with Crippen LogP contribution in [0.15, 0.2) is 54.6 Å². The molecule has 3 rings (SSSR count). The van der Waals surface area contributed by atoms with Crippen LogP contribution in [0, 0.1) is 34.9 Å². The Hall–Kier alpha value is -1.61. The number of rotatable bonds is 6. The lowest BCUT2D eigenvalue weighted by atomic mass is 10.3. The zero-order chi connectivity index (χ0) is 21.1. The van der Waals surface area contributed by atoms with E-state index in [1.807, 2.05) is 0 Å². The Kier molecular flexibility index (Phi) is 7.21. The summed E-state index contributed by atoms with van der Waals surface area (Å²) < 4.78 is 81.8. The molecule has 0 saturated carbocycles. The minimum absolute atomic E-state index is 0.217. The molecule has 0 radical (unpaired) electrons. The molecule has 0 aliphatic heterocycles. The van der Waals surface area contributed by atoms with E-state index in [1.165, 1.54) is 0 Å². The van der Waals surface area contributed by atoms with Gasteiger partial charge in [0.05, 0.1) is 0 Å². The number of halogens is 7. The zero-order valence-electron chi connectivity index (χ0n) is 14.7. The van der Waals surface area contributed by atoms with Crippen LogP contribution < -0.4 is 15.9 Å². The Morgan fingerprint density at radius 3 is 1.14 bits per heavy atom. The fraction of sp³-hybridized carbons (Fsp3) is 0.100. The minimum Gasteiger partial charge on any atom is -0.207 e. The molecule has 0 amide bonds. The Balaban J connectivity index is 1.92. The molecule has 0 spiro atoms. The Morgan fingerprint density at radius 2 is 0.793 bits per heavy atom. The molecule has 0 aliphatic carbocycles. The lowest BCUT2D eigenvalue weighted by Crippen LogP contribution is -2.18. The summed E-state index contributed by atoms with van der Waals surface area (Å²) in [5.41, 5.74) is 0. The van der Waals surface area contributed by atoms with E-state index in [0.717, 1.165) is 42.5 Å². The maximum absolute atomic E-state index is 13.7. The molecule has 1 unspecified atom stereocenters. The molecule has 0 nitrogen and oxygen atoms in total. The van der Waals surface area contributed by atoms with Crippen LogP contribution in [-0.4, -0.2) is 12.3 Å². The highest BCUT2D eigenvalue weighted by atomic mass is 35.7. The second-order valence-electron chi connectivity index (χ2n) is 6.12. The molecule has 3 aromatic rings. The molecule has 0 saturated heterocycles. The predicted octanol–water partition coefficient (Wildman–Crippen LogP) is 5.92. The normalized spacial score (nSPS) is 12.4. The van der Waals surface area contributed by atoms with Gasteiger partial charge in [0, 0.05) is 25.5 Å². The molecule has 1 atom stereocenters. The predicted molar refractivity (Wildman–Crippen MR) is 107 cm³/mol. The van der Waals surface area contributed by atoms with Crippen molar-refractivity contribution in [3.63, 3.8) is 0 Å². The summed E-state index contributed by atoms with van der Waals surface area (Å²) in [7, 11) is -3.09. The maximum atomic E-state index is 13.7. The molecule has 0 heterocycles. The van der Waals surface area contributed by atoms with Gasteiger partial charge in [0.15, 0.2) is 0 Å². The van der Waals surface area contributed by atoms with Crippen LogP contribution >= 0.6 is 26.4 Å². The monoisotopic (exact) mass is 464 g/mol. The second-order valence-corrected chi connectivity index (χ2v) is 11.4. The highest BCUT2D eigenvalue weighted by Crippen LogP contribution is 2.45. The van der Waals surface area contributed by atoms with E-state index < -0.39 is 50.1 Å². The first-order chi connectivity index (χ1) is 13.7. The second kappa shape index (κ2) is 9.47. The van der Waals surface area contributed by atoms with Crippen molar-refractivity contribution in [3.8, 4) is 0 Å². The first-order valence-corrected chi connectivity index (χ1v) is 12.3. The average Bonchev–Trinajstić information content (AvgIpc) is 2.59. The molecule has 0 fully saturated rings. The van der Waals surface area contributed by atoms with Crippen LogP contribution in [0.5, 0.6) is 0 Å². The van der Waals surface area contributed by atoms with E-state index >= 15 is 0 Å². The molecule has 0 N–H and O–H groups in total. The SMILES string of the molecule is Fc1cc(F)cc(P(Cl)CCP(c2cc(F)cc(F)c2)c2cc(F)cc(F)c2)c1. The summed E-state index contributed by atoms with van der Waals surface area (Å²) in [6.45, 7) is 0. The first-order valence-electron chi connectivity index (χ1n) is 8.30. The van der Waals surface area contributed by atoms with Gasteiger partial charge >= 0.3 is 0 Å². The molecule has 0 aliphatic rings. The van der Waals surface area contributed by atoms with E-state index in [2.05, 4.69) is 0 Å². The highest BCUT2D eigenvalue weighted by molar-refractivity contribution is 7.90. The molecular weight excluding hydrogens is 452 g/mol. The Labute approximate surface area is 170 Å². The largest absolute Gasteiger partial charge is 0.207 e. The molecule has 0 aromatic heterocycles. The summed E-state index contributed by atoms with van der Waals surface area (Å²) in [5.74, 6) is -4.80. The number of hydrogen-bond donors (Lipinski definition) is 0. The summed E-state index contributed by atoms with van der Waals surface area (Å²) in [6, 6.07) is 8.79. The van der Waals surface area contributed by atoms with Crippen LogP contribution in [0.2, 0.25) is 0 Å². The quantitative estimate of drug-likeness (QED) is 0.314. The topological polar surface area (TPSA) is 0 Å². The van der Waals surface area contributed by atoms with Gasteiger partial charge in [-0.15, -0.1) is 0 Å². The number of benzene rings is 3. The third-order valence-electron chi connectivity index (χ3n) is 3.97. The summed E-state index contributed by atoms with van der Waals surface area (Å²) in [6.07, 6.45) is 0.441. The van der Waals surface area contributed by atoms with Crippen LogP contribution in [-0.2, 0) is 0 Å². The Bertz CT molecular complexity index is 918. The molecule has 9 heteroatoms. The molecule has 3 aromatic carbocycles. The minimum atomic E-state index is -1.57. The van der Waals surface area contributed by atoms with Crippen molar-refractivity contribution in [1.82, 2.24) is 0 Å². The lowest BCUT2D eigenvalue weighted by Gasteiger charge is -2.21. The van der Waals surface area contributed by atoms with Gasteiger partial charge in [-0.1, -0.05) is 11.2 Å². The third kappa shape index (κ3) is 5.94. The maximum Gasteiger partial charge on any atom is 0.126 e. The van der Waals surface area contributed by atoms with E-state index in [4.69, 9.17) is 11.2 Å². The third-order valence-corrected chi connectivity index (χ3v) is 9.28. The van der Waals surface area contributed by atoms with Crippen molar-refractivity contribution < 1.29 is 26.3 Å². The van der Waals surface area contributed by atoms with Crippen molar-refractivity contribution in [1.29, 1.82) is 0 Å². The smallest absolute Gasteiger partial charge is 0.126 e. The van der Waals surface area contributed by atoms with Crippen molar-refractivity contribution >= 4 is 42.4 Å². The van der Waals surface area contributed by atoms with E-state index in [-0.39, 0.29) is 28.2 Å². The van der Waals surface area contributed by atoms with E-state index in [1.54, 1.807) is 0 Å². The van der Waals surface area contributed by atoms with E-state index in [9.17, 15) is 26.3 Å². The highest BCUT2D eigenvalue weighted by Gasteiger charge is 2.20. The van der Waals surface area contributed by atoms with Crippen LogP contribution in [0.1, 0.15) is 0 Å². The van der Waals surface area contributed by atoms with Crippen molar-refractivity contribution in [2.75, 3.05) is 12.3 Å². The van der Waals surface area contributed by atoms with Gasteiger partial charge in [0.1, 0.15) is 34.9 Å². The molecule has 0 bridgehead atoms. The molecule has 152 valence electrons. The van der Waals surface area contributed by atoms with Gasteiger partial charge in [-0.2, -0.15) is 0 Å². The lowest BCUT2D eigenvalue weighted by molar-refractivity contribution is 0.584. The van der Waals surface area contributed by atoms with Crippen LogP contribution in [0.3, 0.4) is 0 Å². The summed E-state index contributed by atoms with van der Waals surface area (Å²) in [5, 5.41) is 0.756. The van der Waals surface area contributed by atoms with Crippen molar-refractivity contribution in [3.05, 3.63) is 89.5 Å². The first kappa shape index (κ1) is 22.1. The fourth-order valence-electron chi connectivity index (χ4n) is 2.79. The van der Waals surface area contributed by atoms with Crippen LogP contribution in [0.4, 0.5) is 26.3 Å². The average molecular weight is 465 g/mol. The van der Waals surface area contributed by atoms with Crippen molar-refractivity contribution in [2.24, 2.45) is 0 Å². The van der Waals surface area contributed by atoms with Gasteiger partial charge in [-0.3, -0.25) is 0 Å². The van der Waals surface area contributed by atoms with Gasteiger partial charge in [0.25, 0.3) is 0 Å². The summed E-state index contributed by atoms with van der Waals surface area (Å²) >= 11 is 6.34. The van der Waals surface area contributed by atoms with Gasteiger partial charge in [-0.05, 0) is 72.6 Å². The summed E-state index contributed by atoms with van der Waals surface area (Å²) in [4.78, 5) is 0. The van der Waals surface area contributed by atoms with Gasteiger partial charge in [-0.25, -0.2) is 26.3 Å². The van der Waals surface area contributed by atoms with E-state index in [0.29, 0.717) is 12.1 Å². The number of hydrogen-bond acceptors (Lipinski definition) is 0. The zero-order valence-corrected chi connectivity index (χ0v) is 17.2. The fourth-order valence-corrected chi connectivity index (χ4v) is 7.99. The van der Waals surface area contributed by atoms with Crippen LogP contribution in [0.25, 0.3) is 0 Å². The van der Waals surface area contributed by atoms with Gasteiger partial charge < -0.3 is 0 Å². The Morgan fingerprint density at radius 1 is 0.483 bits per heavy atom. The molecular formula is C20H13ClF6P2. The van der Waals surface area contributed by atoms with Crippen molar-refractivity contribution in [2.45, 2.75) is 0 Å². The standard InChI is InChI=1S/C20H13ClF6P2/c21-29(20-10-16(26)5-17(27)11-20)2-1-28(18-6-12(22)3-13(23)7-18)19-8-14(24)4-15(25)9-19/h3-11H,1-2H2. The molecule has 29 heavy (non-hydrogen) atoms.